The standard InChI is InChI=1S/C9H18N2O3/c10-7-9(2-5-13-6-3-9)14-4-1-8(11)12/h1-7,10H2,(H2,11,12). The number of amides is 1. The lowest BCUT2D eigenvalue weighted by atomic mass is 9.94. The average molecular weight is 202 g/mol. The predicted molar refractivity (Wildman–Crippen MR) is 51.6 cm³/mol. The predicted octanol–water partition coefficient (Wildman–Crippen LogP) is -0.614. The molecule has 0 aromatic rings. The topological polar surface area (TPSA) is 87.6 Å². The van der Waals surface area contributed by atoms with E-state index in [4.69, 9.17) is 20.9 Å². The molecule has 1 heterocycles. The van der Waals surface area contributed by atoms with E-state index in [2.05, 4.69) is 0 Å². The largest absolute Gasteiger partial charge is 0.381 e. The number of ether oxygens (including phenoxy) is 2. The van der Waals surface area contributed by atoms with Gasteiger partial charge in [0.15, 0.2) is 0 Å². The second-order valence-corrected chi connectivity index (χ2v) is 3.56. The molecule has 0 aromatic heterocycles. The number of hydrogen-bond donors (Lipinski definition) is 2. The summed E-state index contributed by atoms with van der Waals surface area (Å²) >= 11 is 0. The summed E-state index contributed by atoms with van der Waals surface area (Å²) in [5, 5.41) is 0. The smallest absolute Gasteiger partial charge is 0.219 e. The van der Waals surface area contributed by atoms with Crippen LogP contribution < -0.4 is 11.5 Å². The van der Waals surface area contributed by atoms with E-state index in [0.29, 0.717) is 26.4 Å². The minimum Gasteiger partial charge on any atom is -0.381 e. The first-order valence-electron chi connectivity index (χ1n) is 4.89. The van der Waals surface area contributed by atoms with Crippen LogP contribution in [0.15, 0.2) is 0 Å². The quantitative estimate of drug-likeness (QED) is 0.622. The second-order valence-electron chi connectivity index (χ2n) is 3.56. The molecule has 82 valence electrons. The van der Waals surface area contributed by atoms with Gasteiger partial charge in [-0.25, -0.2) is 0 Å². The first kappa shape index (κ1) is 11.4. The van der Waals surface area contributed by atoms with E-state index in [1.54, 1.807) is 0 Å². The maximum absolute atomic E-state index is 10.5. The van der Waals surface area contributed by atoms with E-state index in [1.165, 1.54) is 0 Å². The molecule has 1 saturated heterocycles. The van der Waals surface area contributed by atoms with Gasteiger partial charge < -0.3 is 20.9 Å². The highest BCUT2D eigenvalue weighted by Crippen LogP contribution is 2.23. The highest BCUT2D eigenvalue weighted by molar-refractivity contribution is 5.73. The lowest BCUT2D eigenvalue weighted by molar-refractivity contribution is -0.126. The maximum atomic E-state index is 10.5. The van der Waals surface area contributed by atoms with Gasteiger partial charge in [-0.15, -0.1) is 0 Å². The van der Waals surface area contributed by atoms with Crippen LogP contribution in [0.3, 0.4) is 0 Å². The van der Waals surface area contributed by atoms with Crippen molar-refractivity contribution in [1.29, 1.82) is 0 Å². The zero-order valence-corrected chi connectivity index (χ0v) is 8.33. The number of nitrogens with two attached hydrogens (primary N) is 2. The Hall–Kier alpha value is -0.650. The molecule has 1 aliphatic rings. The van der Waals surface area contributed by atoms with Crippen LogP contribution >= 0.6 is 0 Å². The van der Waals surface area contributed by atoms with Crippen LogP contribution in [0.2, 0.25) is 0 Å². The van der Waals surface area contributed by atoms with Gasteiger partial charge in [0.2, 0.25) is 5.91 Å². The van der Waals surface area contributed by atoms with Crippen LogP contribution in [0, 0.1) is 0 Å². The Labute approximate surface area is 83.7 Å². The molecule has 0 aliphatic carbocycles. The molecule has 1 aliphatic heterocycles. The van der Waals surface area contributed by atoms with E-state index in [0.717, 1.165) is 12.8 Å². The zero-order chi connectivity index (χ0) is 10.4. The van der Waals surface area contributed by atoms with Crippen molar-refractivity contribution in [2.24, 2.45) is 11.5 Å². The molecule has 0 unspecified atom stereocenters. The Balaban J connectivity index is 2.32. The van der Waals surface area contributed by atoms with E-state index in [1.807, 2.05) is 0 Å². The number of carbonyl (C=O) groups is 1. The van der Waals surface area contributed by atoms with Crippen molar-refractivity contribution in [3.8, 4) is 0 Å². The van der Waals surface area contributed by atoms with Gasteiger partial charge in [-0.2, -0.15) is 0 Å². The summed E-state index contributed by atoms with van der Waals surface area (Å²) in [6.07, 6.45) is 1.84. The summed E-state index contributed by atoms with van der Waals surface area (Å²) < 4.78 is 10.9. The molecule has 0 atom stereocenters. The van der Waals surface area contributed by atoms with Crippen molar-refractivity contribution in [3.63, 3.8) is 0 Å². The van der Waals surface area contributed by atoms with Crippen LogP contribution in [0.5, 0.6) is 0 Å². The molecule has 0 bridgehead atoms. The first-order chi connectivity index (χ1) is 6.68. The fourth-order valence-electron chi connectivity index (χ4n) is 1.52. The summed E-state index contributed by atoms with van der Waals surface area (Å²) in [5.41, 5.74) is 10.4. The Bertz CT molecular complexity index is 190. The van der Waals surface area contributed by atoms with Gasteiger partial charge >= 0.3 is 0 Å². The lowest BCUT2D eigenvalue weighted by Gasteiger charge is -2.35. The van der Waals surface area contributed by atoms with Gasteiger partial charge in [0.25, 0.3) is 0 Å². The molecule has 14 heavy (non-hydrogen) atoms. The number of primary amides is 1. The van der Waals surface area contributed by atoms with Crippen molar-refractivity contribution in [2.75, 3.05) is 26.4 Å². The number of rotatable bonds is 5. The Morgan fingerprint density at radius 1 is 1.43 bits per heavy atom. The minimum atomic E-state index is -0.343. The van der Waals surface area contributed by atoms with Gasteiger partial charge in [-0.3, -0.25) is 4.79 Å². The van der Waals surface area contributed by atoms with Crippen LogP contribution in [0.25, 0.3) is 0 Å². The number of hydrogen-bond acceptors (Lipinski definition) is 4. The summed E-state index contributed by atoms with van der Waals surface area (Å²) in [4.78, 5) is 10.5. The Kier molecular flexibility index (Phi) is 4.31. The van der Waals surface area contributed by atoms with Crippen molar-refractivity contribution in [3.05, 3.63) is 0 Å². The summed E-state index contributed by atoms with van der Waals surface area (Å²) in [5.74, 6) is -0.343. The van der Waals surface area contributed by atoms with E-state index in [-0.39, 0.29) is 17.9 Å². The van der Waals surface area contributed by atoms with Crippen molar-refractivity contribution in [2.45, 2.75) is 24.9 Å². The molecule has 1 rings (SSSR count). The summed E-state index contributed by atoms with van der Waals surface area (Å²) in [7, 11) is 0. The minimum absolute atomic E-state index is 0.253. The Morgan fingerprint density at radius 2 is 2.07 bits per heavy atom. The SMILES string of the molecule is NCC1(OCCC(N)=O)CCOCC1. The average Bonchev–Trinajstić information content (AvgIpc) is 2.19. The molecule has 1 fully saturated rings. The van der Waals surface area contributed by atoms with E-state index < -0.39 is 0 Å². The van der Waals surface area contributed by atoms with Crippen LogP contribution in [0.1, 0.15) is 19.3 Å². The molecule has 5 heteroatoms. The fraction of sp³-hybridized carbons (Fsp3) is 0.889. The fourth-order valence-corrected chi connectivity index (χ4v) is 1.52. The molecule has 0 saturated carbocycles. The zero-order valence-electron chi connectivity index (χ0n) is 8.33. The highest BCUT2D eigenvalue weighted by atomic mass is 16.5. The van der Waals surface area contributed by atoms with Crippen molar-refractivity contribution < 1.29 is 14.3 Å². The van der Waals surface area contributed by atoms with Gasteiger partial charge in [-0.1, -0.05) is 0 Å². The van der Waals surface area contributed by atoms with Crippen LogP contribution in [-0.2, 0) is 14.3 Å². The lowest BCUT2D eigenvalue weighted by Crippen LogP contribution is -2.46. The van der Waals surface area contributed by atoms with E-state index in [9.17, 15) is 4.79 Å². The van der Waals surface area contributed by atoms with Gasteiger partial charge in [0, 0.05) is 39.0 Å². The van der Waals surface area contributed by atoms with Gasteiger partial charge in [-0.05, 0) is 0 Å². The normalized spacial score (nSPS) is 20.6. The van der Waals surface area contributed by atoms with E-state index >= 15 is 0 Å². The van der Waals surface area contributed by atoms with Gasteiger partial charge in [0.1, 0.15) is 0 Å². The Morgan fingerprint density at radius 3 is 2.57 bits per heavy atom. The maximum Gasteiger partial charge on any atom is 0.219 e. The third-order valence-corrected chi connectivity index (χ3v) is 2.53. The molecular formula is C9H18N2O3. The van der Waals surface area contributed by atoms with Crippen LogP contribution in [-0.4, -0.2) is 37.9 Å². The summed E-state index contributed by atoms with van der Waals surface area (Å²) in [6.45, 7) is 2.17. The second kappa shape index (κ2) is 5.29. The molecule has 0 aromatic carbocycles. The summed E-state index contributed by atoms with van der Waals surface area (Å²) in [6, 6.07) is 0. The van der Waals surface area contributed by atoms with Crippen LogP contribution in [0.4, 0.5) is 0 Å². The van der Waals surface area contributed by atoms with Crippen molar-refractivity contribution in [1.82, 2.24) is 0 Å². The highest BCUT2D eigenvalue weighted by Gasteiger charge is 2.31. The molecule has 5 nitrogen and oxygen atoms in total. The van der Waals surface area contributed by atoms with Crippen molar-refractivity contribution >= 4 is 5.91 Å². The molecule has 0 spiro atoms. The third-order valence-electron chi connectivity index (χ3n) is 2.53. The number of carbonyl (C=O) groups excluding carboxylic acids is 1. The van der Waals surface area contributed by atoms with Gasteiger partial charge in [0.05, 0.1) is 12.2 Å². The molecule has 1 amide bonds. The molecule has 4 N–H and O–H groups in total. The molecule has 0 radical (unpaired) electrons. The monoisotopic (exact) mass is 202 g/mol. The third kappa shape index (κ3) is 3.25. The first-order valence-corrected chi connectivity index (χ1v) is 4.89. The molecular weight excluding hydrogens is 184 g/mol.